The number of methoxy groups -OCH3 is 1. The highest BCUT2D eigenvalue weighted by Crippen LogP contribution is 2.51. The van der Waals surface area contributed by atoms with Crippen molar-refractivity contribution in [3.63, 3.8) is 0 Å². The highest BCUT2D eigenvalue weighted by atomic mass is 16.6. The van der Waals surface area contributed by atoms with E-state index in [0.29, 0.717) is 30.4 Å². The van der Waals surface area contributed by atoms with E-state index < -0.39 is 16.9 Å². The Kier molecular flexibility index (Phi) is 6.42. The third-order valence-electron chi connectivity index (χ3n) is 6.67. The van der Waals surface area contributed by atoms with Gasteiger partial charge in [-0.1, -0.05) is 60.6 Å². The van der Waals surface area contributed by atoms with Gasteiger partial charge in [0.25, 0.3) is 0 Å². The van der Waals surface area contributed by atoms with Crippen molar-refractivity contribution in [3.8, 4) is 0 Å². The number of rotatable bonds is 5. The fraction of sp³-hybridized carbons (Fsp3) is 0.750. The number of carbonyl (C=O) groups is 2. The Hall–Kier alpha value is -1.98. The first-order chi connectivity index (χ1) is 13.6. The normalized spacial score (nSPS) is 26.8. The molecule has 0 spiro atoms. The molecule has 2 aliphatic rings. The predicted molar refractivity (Wildman–Crippen MR) is 117 cm³/mol. The van der Waals surface area contributed by atoms with Gasteiger partial charge in [-0.05, 0) is 23.7 Å². The van der Waals surface area contributed by atoms with E-state index in [4.69, 9.17) is 4.74 Å². The summed E-state index contributed by atoms with van der Waals surface area (Å²) < 4.78 is 4.81. The maximum atomic E-state index is 13.3. The first-order valence-electron chi connectivity index (χ1n) is 10.8. The van der Waals surface area contributed by atoms with Crippen LogP contribution in [-0.2, 0) is 14.3 Å². The molecule has 1 fully saturated rings. The van der Waals surface area contributed by atoms with Crippen LogP contribution in [0.2, 0.25) is 0 Å². The third-order valence-corrected chi connectivity index (χ3v) is 6.67. The second-order valence-electron chi connectivity index (χ2n) is 11.4. The van der Waals surface area contributed by atoms with Gasteiger partial charge < -0.3 is 4.74 Å². The van der Waals surface area contributed by atoms with E-state index in [0.717, 1.165) is 0 Å². The Morgan fingerprint density at radius 1 is 1.17 bits per heavy atom. The number of nitro groups is 1. The molecule has 2 rings (SSSR count). The number of nitrogens with zero attached hydrogens (tertiary/aromatic N) is 1. The summed E-state index contributed by atoms with van der Waals surface area (Å²) in [5.41, 5.74) is -1.18. The summed E-state index contributed by atoms with van der Waals surface area (Å²) in [6.07, 6.45) is 5.99. The smallest absolute Gasteiger partial charge is 0.306 e. The molecule has 0 radical (unpaired) electrons. The highest BCUT2D eigenvalue weighted by Gasteiger charge is 2.57. The Labute approximate surface area is 180 Å². The molecule has 0 amide bonds. The van der Waals surface area contributed by atoms with Crippen molar-refractivity contribution in [2.24, 2.45) is 22.2 Å². The Morgan fingerprint density at radius 3 is 2.07 bits per heavy atom. The lowest BCUT2D eigenvalue weighted by Crippen LogP contribution is -2.47. The summed E-state index contributed by atoms with van der Waals surface area (Å²) in [7, 11) is 1.32. The molecule has 0 saturated heterocycles. The number of ether oxygens (including phenoxy) is 1. The van der Waals surface area contributed by atoms with Gasteiger partial charge in [0, 0.05) is 40.2 Å². The molecule has 0 bridgehead atoms. The largest absolute Gasteiger partial charge is 0.469 e. The lowest BCUT2D eigenvalue weighted by atomic mass is 9.63. The van der Waals surface area contributed by atoms with Crippen LogP contribution in [0.1, 0.15) is 80.6 Å². The number of ketones is 1. The summed E-state index contributed by atoms with van der Waals surface area (Å²) in [4.78, 5) is 37.4. The molecule has 30 heavy (non-hydrogen) atoms. The fourth-order valence-electron chi connectivity index (χ4n) is 5.09. The van der Waals surface area contributed by atoms with Crippen molar-refractivity contribution in [3.05, 3.63) is 33.4 Å². The van der Waals surface area contributed by atoms with Crippen LogP contribution in [0, 0.1) is 32.3 Å². The molecule has 0 aromatic carbocycles. The molecular formula is C24H37NO5. The summed E-state index contributed by atoms with van der Waals surface area (Å²) >= 11 is 0. The van der Waals surface area contributed by atoms with Crippen molar-refractivity contribution < 1.29 is 19.2 Å². The maximum absolute atomic E-state index is 13.3. The van der Waals surface area contributed by atoms with Crippen molar-refractivity contribution in [1.29, 1.82) is 0 Å². The van der Waals surface area contributed by atoms with Gasteiger partial charge >= 0.3 is 5.97 Å². The van der Waals surface area contributed by atoms with E-state index in [9.17, 15) is 19.7 Å². The van der Waals surface area contributed by atoms with E-state index in [-0.39, 0.29) is 40.3 Å². The molecule has 6 heteroatoms. The van der Waals surface area contributed by atoms with Crippen LogP contribution in [0.25, 0.3) is 0 Å². The van der Waals surface area contributed by atoms with E-state index in [2.05, 4.69) is 0 Å². The zero-order valence-corrected chi connectivity index (χ0v) is 19.8. The summed E-state index contributed by atoms with van der Waals surface area (Å²) in [6, 6.07) is 0. The molecule has 2 aliphatic carbocycles. The summed E-state index contributed by atoms with van der Waals surface area (Å²) in [5.74, 6) is -0.749. The zero-order valence-electron chi connectivity index (χ0n) is 19.8. The van der Waals surface area contributed by atoms with Gasteiger partial charge in [0.15, 0.2) is 5.78 Å². The first kappa shape index (κ1) is 24.3. The van der Waals surface area contributed by atoms with Crippen molar-refractivity contribution in [2.75, 3.05) is 7.11 Å². The molecule has 0 N–H and O–H groups in total. The maximum Gasteiger partial charge on any atom is 0.306 e. The third kappa shape index (κ3) is 4.68. The molecule has 2 atom stereocenters. The van der Waals surface area contributed by atoms with Gasteiger partial charge in [0.1, 0.15) is 0 Å². The van der Waals surface area contributed by atoms with E-state index in [1.807, 2.05) is 60.6 Å². The second-order valence-corrected chi connectivity index (χ2v) is 11.4. The molecule has 6 nitrogen and oxygen atoms in total. The summed E-state index contributed by atoms with van der Waals surface area (Å²) in [6.45, 7) is 14.0. The molecule has 0 aromatic heterocycles. The van der Waals surface area contributed by atoms with Crippen molar-refractivity contribution in [2.45, 2.75) is 86.1 Å². The lowest BCUT2D eigenvalue weighted by Gasteiger charge is -2.40. The fourth-order valence-corrected chi connectivity index (χ4v) is 5.09. The number of hydrogen-bond donors (Lipinski definition) is 0. The minimum atomic E-state index is -1.21. The molecule has 0 aliphatic heterocycles. The van der Waals surface area contributed by atoms with Crippen LogP contribution >= 0.6 is 0 Å². The van der Waals surface area contributed by atoms with Gasteiger partial charge in [-0.3, -0.25) is 19.7 Å². The molecule has 2 unspecified atom stereocenters. The first-order valence-corrected chi connectivity index (χ1v) is 10.8. The van der Waals surface area contributed by atoms with Crippen LogP contribution in [0.3, 0.4) is 0 Å². The number of carbonyl (C=O) groups excluding carboxylic acids is 2. The molecule has 0 heterocycles. The Balaban J connectivity index is 2.58. The van der Waals surface area contributed by atoms with Crippen molar-refractivity contribution >= 4 is 11.8 Å². The van der Waals surface area contributed by atoms with Crippen LogP contribution in [-0.4, -0.2) is 29.3 Å². The topological polar surface area (TPSA) is 86.5 Å². The SMILES string of the molecule is COC(=O)CC1CCCC1(CC1(C)C=C(C(C)(C)C)C(=O)C(C(C)(C)C)=C1)[N+](=O)[O-]. The second kappa shape index (κ2) is 7.93. The van der Waals surface area contributed by atoms with Gasteiger partial charge in [0.2, 0.25) is 5.54 Å². The van der Waals surface area contributed by atoms with Gasteiger partial charge in [-0.2, -0.15) is 0 Å². The predicted octanol–water partition coefficient (Wildman–Crippen LogP) is 5.29. The standard InChI is InChI=1S/C24H37NO5/c1-21(2,3)17-13-23(7,14-18(20(17)27)22(4,5)6)15-24(25(28)29)11-9-10-16(24)12-19(26)30-8/h13-14,16H,9-12,15H2,1-8H3. The van der Waals surface area contributed by atoms with Crippen LogP contribution in [0.15, 0.2) is 23.3 Å². The number of allylic oxidation sites excluding steroid dienone is 4. The lowest BCUT2D eigenvalue weighted by molar-refractivity contribution is -0.581. The molecule has 1 saturated carbocycles. The van der Waals surface area contributed by atoms with E-state index in [1.54, 1.807) is 0 Å². The number of hydrogen-bond acceptors (Lipinski definition) is 5. The average molecular weight is 420 g/mol. The van der Waals surface area contributed by atoms with Crippen molar-refractivity contribution in [1.82, 2.24) is 0 Å². The monoisotopic (exact) mass is 419 g/mol. The minimum absolute atomic E-state index is 0.0279. The highest BCUT2D eigenvalue weighted by molar-refractivity contribution is 6.10. The number of Topliss-reactive ketones (excluding diaryl/α,β-unsaturated/α-hetero) is 1. The zero-order chi connectivity index (χ0) is 23.1. The van der Waals surface area contributed by atoms with E-state index in [1.165, 1.54) is 7.11 Å². The molecular weight excluding hydrogens is 382 g/mol. The van der Waals surface area contributed by atoms with E-state index >= 15 is 0 Å². The molecule has 168 valence electrons. The number of esters is 1. The summed E-state index contributed by atoms with van der Waals surface area (Å²) in [5, 5.41) is 12.4. The Bertz CT molecular complexity index is 759. The van der Waals surface area contributed by atoms with Gasteiger partial charge in [-0.15, -0.1) is 0 Å². The minimum Gasteiger partial charge on any atom is -0.469 e. The van der Waals surface area contributed by atoms with Gasteiger partial charge in [0.05, 0.1) is 13.5 Å². The van der Waals surface area contributed by atoms with Gasteiger partial charge in [-0.25, -0.2) is 0 Å². The van der Waals surface area contributed by atoms with Crippen LogP contribution in [0.5, 0.6) is 0 Å². The quantitative estimate of drug-likeness (QED) is 0.343. The Morgan fingerprint density at radius 2 is 1.67 bits per heavy atom. The average Bonchev–Trinajstić information content (AvgIpc) is 2.98. The van der Waals surface area contributed by atoms with Crippen LogP contribution in [0.4, 0.5) is 0 Å². The molecule has 0 aromatic rings. The van der Waals surface area contributed by atoms with Crippen LogP contribution < -0.4 is 0 Å².